The molecule has 0 spiro atoms. The average Bonchev–Trinajstić information content (AvgIpc) is 3.37. The molecule has 2 aromatic carbocycles. The Morgan fingerprint density at radius 2 is 2.07 bits per heavy atom. The molecule has 1 aliphatic heterocycles. The summed E-state index contributed by atoms with van der Waals surface area (Å²) < 4.78 is 8.09. The van der Waals surface area contributed by atoms with Gasteiger partial charge in [-0.25, -0.2) is 0 Å². The lowest BCUT2D eigenvalue weighted by atomic mass is 10.1. The molecule has 0 radical (unpaired) electrons. The van der Waals surface area contributed by atoms with E-state index in [-0.39, 0.29) is 0 Å². The number of rotatable bonds is 5. The Balaban J connectivity index is 1.57. The molecule has 5 rings (SSSR count). The van der Waals surface area contributed by atoms with Gasteiger partial charge in [-0.1, -0.05) is 42.1 Å². The molecular weight excluding hydrogens is 380 g/mol. The van der Waals surface area contributed by atoms with Crippen molar-refractivity contribution in [3.8, 4) is 17.1 Å². The van der Waals surface area contributed by atoms with Gasteiger partial charge >= 0.3 is 0 Å². The van der Waals surface area contributed by atoms with Gasteiger partial charge in [0.25, 0.3) is 0 Å². The summed E-state index contributed by atoms with van der Waals surface area (Å²) >= 11 is 1.73. The summed E-state index contributed by atoms with van der Waals surface area (Å²) in [6.07, 6.45) is 5.87. The smallest absolute Gasteiger partial charge is 0.196 e. The molecule has 29 heavy (non-hydrogen) atoms. The van der Waals surface area contributed by atoms with Gasteiger partial charge in [-0.2, -0.15) is 0 Å². The highest BCUT2D eigenvalue weighted by atomic mass is 32.2. The predicted octanol–water partition coefficient (Wildman–Crippen LogP) is 5.39. The fraction of sp³-hybridized carbons (Fsp3) is 0.304. The van der Waals surface area contributed by atoms with E-state index in [9.17, 15) is 0 Å². The van der Waals surface area contributed by atoms with E-state index in [1.807, 2.05) is 12.3 Å². The van der Waals surface area contributed by atoms with E-state index in [0.29, 0.717) is 6.10 Å². The first kappa shape index (κ1) is 18.5. The Kier molecular flexibility index (Phi) is 5.12. The highest BCUT2D eigenvalue weighted by molar-refractivity contribution is 7.99. The van der Waals surface area contributed by atoms with Crippen molar-refractivity contribution in [3.63, 3.8) is 0 Å². The van der Waals surface area contributed by atoms with Gasteiger partial charge in [-0.05, 0) is 49.9 Å². The number of para-hydroxylation sites is 1. The van der Waals surface area contributed by atoms with E-state index >= 15 is 0 Å². The largest absolute Gasteiger partial charge is 0.377 e. The van der Waals surface area contributed by atoms with Gasteiger partial charge in [0.15, 0.2) is 11.0 Å². The third kappa shape index (κ3) is 3.70. The second kappa shape index (κ2) is 8.05. The standard InChI is InChI=1S/C23H24N4OS/c1-16-7-6-8-17(13-16)27-22(20-14-24-21-11-3-2-10-19(20)21)25-26-23(27)29-15-18-9-4-5-12-28-18/h2-3,6-8,10-11,13-14,18,24H,4-5,9,12,15H2,1H3/t18-/m1/s1. The van der Waals surface area contributed by atoms with Crippen LogP contribution < -0.4 is 0 Å². The number of fused-ring (bicyclic) bond motifs is 1. The minimum atomic E-state index is 0.299. The maximum atomic E-state index is 5.92. The zero-order valence-electron chi connectivity index (χ0n) is 16.5. The number of aromatic amines is 1. The molecule has 0 amide bonds. The summed E-state index contributed by atoms with van der Waals surface area (Å²) in [5.41, 5.74) is 4.47. The van der Waals surface area contributed by atoms with Crippen LogP contribution in [0.1, 0.15) is 24.8 Å². The third-order valence-corrected chi connectivity index (χ3v) is 6.46. The van der Waals surface area contributed by atoms with Crippen molar-refractivity contribution in [1.82, 2.24) is 19.7 Å². The van der Waals surface area contributed by atoms with Crippen LogP contribution in [0.3, 0.4) is 0 Å². The van der Waals surface area contributed by atoms with E-state index in [4.69, 9.17) is 4.74 Å². The summed E-state index contributed by atoms with van der Waals surface area (Å²) in [5.74, 6) is 1.76. The minimum absolute atomic E-state index is 0.299. The van der Waals surface area contributed by atoms with Crippen LogP contribution in [0.25, 0.3) is 28.0 Å². The predicted molar refractivity (Wildman–Crippen MR) is 118 cm³/mol. The maximum Gasteiger partial charge on any atom is 0.196 e. The number of H-pyrrole nitrogens is 1. The number of nitrogens with zero attached hydrogens (tertiary/aromatic N) is 3. The Bertz CT molecular complexity index is 1130. The van der Waals surface area contributed by atoms with Crippen molar-refractivity contribution in [1.29, 1.82) is 0 Å². The molecule has 0 saturated carbocycles. The first-order valence-corrected chi connectivity index (χ1v) is 11.1. The second-order valence-electron chi connectivity index (χ2n) is 7.53. The van der Waals surface area contributed by atoms with Crippen LogP contribution in [0.5, 0.6) is 0 Å². The first-order chi connectivity index (χ1) is 14.3. The molecular formula is C23H24N4OS. The maximum absolute atomic E-state index is 5.92. The Morgan fingerprint density at radius 1 is 1.14 bits per heavy atom. The number of nitrogens with one attached hydrogen (secondary N) is 1. The van der Waals surface area contributed by atoms with Gasteiger partial charge in [0.2, 0.25) is 0 Å². The van der Waals surface area contributed by atoms with Gasteiger partial charge in [0.1, 0.15) is 0 Å². The summed E-state index contributed by atoms with van der Waals surface area (Å²) in [7, 11) is 0. The third-order valence-electron chi connectivity index (χ3n) is 5.40. The van der Waals surface area contributed by atoms with Gasteiger partial charge in [0, 0.05) is 40.7 Å². The second-order valence-corrected chi connectivity index (χ2v) is 8.52. The number of hydrogen-bond donors (Lipinski definition) is 1. The van der Waals surface area contributed by atoms with Crippen molar-refractivity contribution in [2.75, 3.05) is 12.4 Å². The average molecular weight is 405 g/mol. The van der Waals surface area contributed by atoms with Crippen LogP contribution in [0.2, 0.25) is 0 Å². The molecule has 3 heterocycles. The lowest BCUT2D eigenvalue weighted by Gasteiger charge is -2.22. The molecule has 1 fully saturated rings. The Hall–Kier alpha value is -2.57. The Labute approximate surface area is 174 Å². The SMILES string of the molecule is Cc1cccc(-n2c(SC[C@H]3CCCCO3)nnc2-c2c[nH]c3ccccc23)c1. The number of ether oxygens (including phenoxy) is 1. The monoisotopic (exact) mass is 404 g/mol. The fourth-order valence-corrected chi connectivity index (χ4v) is 4.92. The van der Waals surface area contributed by atoms with Crippen LogP contribution in [-0.2, 0) is 4.74 Å². The molecule has 1 aliphatic rings. The number of hydrogen-bond acceptors (Lipinski definition) is 4. The van der Waals surface area contributed by atoms with E-state index in [2.05, 4.69) is 69.1 Å². The lowest BCUT2D eigenvalue weighted by molar-refractivity contribution is 0.0315. The highest BCUT2D eigenvalue weighted by Crippen LogP contribution is 2.33. The number of aryl methyl sites for hydroxylation is 1. The first-order valence-electron chi connectivity index (χ1n) is 10.1. The van der Waals surface area contributed by atoms with Crippen molar-refractivity contribution < 1.29 is 4.74 Å². The van der Waals surface area contributed by atoms with Crippen molar-refractivity contribution in [3.05, 3.63) is 60.3 Å². The summed E-state index contributed by atoms with van der Waals surface area (Å²) in [4.78, 5) is 3.36. The van der Waals surface area contributed by atoms with E-state index in [0.717, 1.165) is 51.9 Å². The molecule has 0 aliphatic carbocycles. The van der Waals surface area contributed by atoms with E-state index in [1.165, 1.54) is 18.4 Å². The molecule has 1 N–H and O–H groups in total. The zero-order chi connectivity index (χ0) is 19.6. The zero-order valence-corrected chi connectivity index (χ0v) is 17.3. The van der Waals surface area contributed by atoms with Gasteiger partial charge < -0.3 is 9.72 Å². The highest BCUT2D eigenvalue weighted by Gasteiger charge is 2.21. The summed E-state index contributed by atoms with van der Waals surface area (Å²) in [5, 5.41) is 11.2. The Morgan fingerprint density at radius 3 is 2.93 bits per heavy atom. The van der Waals surface area contributed by atoms with Gasteiger partial charge in [-0.15, -0.1) is 10.2 Å². The van der Waals surface area contributed by atoms with Crippen LogP contribution >= 0.6 is 11.8 Å². The minimum Gasteiger partial charge on any atom is -0.377 e. The van der Waals surface area contributed by atoms with E-state index < -0.39 is 0 Å². The van der Waals surface area contributed by atoms with Crippen LogP contribution in [-0.4, -0.2) is 38.2 Å². The quantitative estimate of drug-likeness (QED) is 0.453. The normalized spacial score (nSPS) is 17.1. The molecule has 2 aromatic heterocycles. The number of aromatic nitrogens is 4. The van der Waals surface area contributed by atoms with Crippen molar-refractivity contribution in [2.45, 2.75) is 37.4 Å². The fourth-order valence-electron chi connectivity index (χ4n) is 3.90. The summed E-state index contributed by atoms with van der Waals surface area (Å²) in [6, 6.07) is 16.8. The van der Waals surface area contributed by atoms with Crippen LogP contribution in [0.4, 0.5) is 0 Å². The molecule has 6 heteroatoms. The molecule has 0 bridgehead atoms. The number of thioether (sulfide) groups is 1. The van der Waals surface area contributed by atoms with Gasteiger partial charge in [-0.3, -0.25) is 4.57 Å². The van der Waals surface area contributed by atoms with Crippen molar-refractivity contribution in [2.24, 2.45) is 0 Å². The topological polar surface area (TPSA) is 55.7 Å². The molecule has 5 nitrogen and oxygen atoms in total. The van der Waals surface area contributed by atoms with Gasteiger partial charge in [0.05, 0.1) is 6.10 Å². The van der Waals surface area contributed by atoms with E-state index in [1.54, 1.807) is 11.8 Å². The molecule has 148 valence electrons. The molecule has 1 saturated heterocycles. The van der Waals surface area contributed by atoms with Crippen molar-refractivity contribution >= 4 is 22.7 Å². The van der Waals surface area contributed by atoms with Crippen LogP contribution in [0, 0.1) is 6.92 Å². The lowest BCUT2D eigenvalue weighted by Crippen LogP contribution is -2.21. The summed E-state index contributed by atoms with van der Waals surface area (Å²) in [6.45, 7) is 2.98. The number of benzene rings is 2. The molecule has 4 aromatic rings. The molecule has 0 unspecified atom stereocenters. The van der Waals surface area contributed by atoms with Crippen LogP contribution in [0.15, 0.2) is 59.9 Å². The molecule has 1 atom stereocenters.